The molecule has 6 nitrogen and oxygen atoms in total. The molecule has 1 fully saturated rings. The molecule has 0 spiro atoms. The minimum absolute atomic E-state index is 0.00102. The largest absolute Gasteiger partial charge is 0.497 e. The molecule has 1 aliphatic heterocycles. The van der Waals surface area contributed by atoms with Crippen LogP contribution < -0.4 is 9.62 Å². The number of carbonyl (C=O) groups is 2. The topological polar surface area (TPSA) is 65.1 Å². The molecule has 0 N–H and O–H groups in total. The lowest BCUT2D eigenvalue weighted by atomic mass is 9.73. The van der Waals surface area contributed by atoms with E-state index in [0.717, 1.165) is 18.6 Å². The van der Waals surface area contributed by atoms with Gasteiger partial charge in [0.15, 0.2) is 5.75 Å². The molecule has 29 heavy (non-hydrogen) atoms. The van der Waals surface area contributed by atoms with E-state index in [1.165, 1.54) is 0 Å². The van der Waals surface area contributed by atoms with Gasteiger partial charge in [-0.15, -0.1) is 0 Å². The van der Waals surface area contributed by atoms with Crippen molar-refractivity contribution in [2.24, 2.45) is 11.3 Å². The van der Waals surface area contributed by atoms with E-state index in [1.807, 2.05) is 36.9 Å². The van der Waals surface area contributed by atoms with Crippen LogP contribution >= 0.6 is 0 Å². The quantitative estimate of drug-likeness (QED) is 0.542. The third kappa shape index (κ3) is 4.88. The van der Waals surface area contributed by atoms with E-state index in [0.29, 0.717) is 24.4 Å². The number of para-hydroxylation sites is 1. The van der Waals surface area contributed by atoms with Crippen molar-refractivity contribution in [3.8, 4) is 11.5 Å². The van der Waals surface area contributed by atoms with Gasteiger partial charge in [-0.25, -0.2) is 9.68 Å². The Balaban J connectivity index is 1.54. The van der Waals surface area contributed by atoms with Crippen LogP contribution in [0.2, 0.25) is 0 Å². The Morgan fingerprint density at radius 3 is 2.14 bits per heavy atom. The predicted octanol–water partition coefficient (Wildman–Crippen LogP) is 4.11. The number of likely N-dealkylation sites (tertiary alicyclic amines) is 1. The molecule has 2 aromatic rings. The molecule has 1 heterocycles. The number of hydrogen-bond donors (Lipinski definition) is 0. The van der Waals surface area contributed by atoms with E-state index >= 15 is 0 Å². The van der Waals surface area contributed by atoms with Crippen molar-refractivity contribution in [3.63, 3.8) is 0 Å². The highest BCUT2D eigenvalue weighted by Crippen LogP contribution is 2.36. The molecule has 1 aliphatic rings. The molecule has 0 aromatic heterocycles. The van der Waals surface area contributed by atoms with Gasteiger partial charge in [0.05, 0.1) is 12.5 Å². The second-order valence-electron chi connectivity index (χ2n) is 7.78. The Hall–Kier alpha value is -3.02. The first-order valence-electron chi connectivity index (χ1n) is 9.79. The van der Waals surface area contributed by atoms with Crippen molar-refractivity contribution >= 4 is 11.9 Å². The fraction of sp³-hybridized carbons (Fsp3) is 0.391. The molecular weight excluding hydrogens is 370 g/mol. The first kappa shape index (κ1) is 20.7. The Labute approximate surface area is 171 Å². The predicted molar refractivity (Wildman–Crippen MR) is 109 cm³/mol. The highest BCUT2D eigenvalue weighted by atomic mass is 17.2. The van der Waals surface area contributed by atoms with Crippen LogP contribution in [-0.2, 0) is 9.68 Å². The van der Waals surface area contributed by atoms with Gasteiger partial charge in [0, 0.05) is 18.7 Å². The standard InChI is InChI=1S/C23H27NO5/c1-23(2,22(26)29-28-20-7-5-4-6-8-20)18-13-15-24(16-14-18)21(25)17-9-11-19(27-3)12-10-17/h4-12,18H,13-16H2,1-3H3. The number of amides is 1. The number of carbonyl (C=O) groups excluding carboxylic acids is 2. The SMILES string of the molecule is COc1ccc(C(=O)N2CCC(C(C)(C)C(=O)OOc3ccccc3)CC2)cc1. The summed E-state index contributed by atoms with van der Waals surface area (Å²) in [6.07, 6.45) is 1.46. The van der Waals surface area contributed by atoms with E-state index in [9.17, 15) is 9.59 Å². The van der Waals surface area contributed by atoms with Crippen LogP contribution in [-0.4, -0.2) is 37.0 Å². The van der Waals surface area contributed by atoms with Crippen LogP contribution in [0.1, 0.15) is 37.0 Å². The second-order valence-corrected chi connectivity index (χ2v) is 7.78. The van der Waals surface area contributed by atoms with E-state index < -0.39 is 11.4 Å². The highest BCUT2D eigenvalue weighted by Gasteiger charge is 2.41. The number of piperidine rings is 1. The van der Waals surface area contributed by atoms with Crippen molar-refractivity contribution in [1.82, 2.24) is 4.90 Å². The van der Waals surface area contributed by atoms with Crippen molar-refractivity contribution in [1.29, 1.82) is 0 Å². The van der Waals surface area contributed by atoms with Crippen molar-refractivity contribution in [3.05, 3.63) is 60.2 Å². The normalized spacial score (nSPS) is 14.9. The van der Waals surface area contributed by atoms with Gasteiger partial charge < -0.3 is 9.64 Å². The van der Waals surface area contributed by atoms with Gasteiger partial charge in [-0.2, -0.15) is 0 Å². The fourth-order valence-electron chi connectivity index (χ4n) is 3.56. The zero-order valence-electron chi connectivity index (χ0n) is 17.1. The number of methoxy groups -OCH3 is 1. The van der Waals surface area contributed by atoms with Crippen LogP contribution in [0.3, 0.4) is 0 Å². The molecule has 0 unspecified atom stereocenters. The summed E-state index contributed by atoms with van der Waals surface area (Å²) in [6, 6.07) is 16.0. The van der Waals surface area contributed by atoms with Gasteiger partial charge in [-0.1, -0.05) is 18.2 Å². The summed E-state index contributed by atoms with van der Waals surface area (Å²) in [7, 11) is 1.60. The Kier molecular flexibility index (Phi) is 6.42. The smallest absolute Gasteiger partial charge is 0.361 e. The highest BCUT2D eigenvalue weighted by molar-refractivity contribution is 5.94. The Bertz CT molecular complexity index is 824. The molecule has 6 heteroatoms. The van der Waals surface area contributed by atoms with Crippen molar-refractivity contribution in [2.45, 2.75) is 26.7 Å². The summed E-state index contributed by atoms with van der Waals surface area (Å²) in [5.41, 5.74) is -0.0662. The van der Waals surface area contributed by atoms with E-state index in [2.05, 4.69) is 0 Å². The molecule has 3 rings (SSSR count). The van der Waals surface area contributed by atoms with Crippen LogP contribution in [0.25, 0.3) is 0 Å². The number of ether oxygens (including phenoxy) is 1. The average molecular weight is 397 g/mol. The monoisotopic (exact) mass is 397 g/mol. The second kappa shape index (κ2) is 8.99. The summed E-state index contributed by atoms with van der Waals surface area (Å²) < 4.78 is 5.14. The Morgan fingerprint density at radius 1 is 0.931 bits per heavy atom. The average Bonchev–Trinajstić information content (AvgIpc) is 2.77. The zero-order valence-corrected chi connectivity index (χ0v) is 17.1. The maximum absolute atomic E-state index is 12.7. The third-order valence-corrected chi connectivity index (χ3v) is 5.62. The molecule has 154 valence electrons. The van der Waals surface area contributed by atoms with E-state index in [4.69, 9.17) is 14.5 Å². The number of hydrogen-bond acceptors (Lipinski definition) is 5. The van der Waals surface area contributed by atoms with Gasteiger partial charge in [-0.3, -0.25) is 9.68 Å². The van der Waals surface area contributed by atoms with Crippen LogP contribution in [0.4, 0.5) is 0 Å². The summed E-state index contributed by atoms with van der Waals surface area (Å²) in [5.74, 6) is 0.907. The molecule has 2 aromatic carbocycles. The van der Waals surface area contributed by atoms with Gasteiger partial charge in [0.25, 0.3) is 5.91 Å². The van der Waals surface area contributed by atoms with Gasteiger partial charge in [0.1, 0.15) is 5.75 Å². The minimum Gasteiger partial charge on any atom is -0.497 e. The zero-order chi connectivity index (χ0) is 20.9. The lowest BCUT2D eigenvalue weighted by molar-refractivity contribution is -0.227. The van der Waals surface area contributed by atoms with E-state index in [1.54, 1.807) is 43.5 Å². The first-order valence-corrected chi connectivity index (χ1v) is 9.79. The first-order chi connectivity index (χ1) is 13.9. The molecule has 0 saturated carbocycles. The lowest BCUT2D eigenvalue weighted by Gasteiger charge is -2.38. The van der Waals surface area contributed by atoms with Crippen LogP contribution in [0, 0.1) is 11.3 Å². The third-order valence-electron chi connectivity index (χ3n) is 5.62. The lowest BCUT2D eigenvalue weighted by Crippen LogP contribution is -2.45. The number of nitrogens with zero attached hydrogens (tertiary/aromatic N) is 1. The fourth-order valence-corrected chi connectivity index (χ4v) is 3.56. The van der Waals surface area contributed by atoms with Crippen molar-refractivity contribution < 1.29 is 24.1 Å². The molecule has 1 saturated heterocycles. The van der Waals surface area contributed by atoms with Gasteiger partial charge in [0.2, 0.25) is 0 Å². The minimum atomic E-state index is -0.704. The van der Waals surface area contributed by atoms with Crippen LogP contribution in [0.15, 0.2) is 54.6 Å². The van der Waals surface area contributed by atoms with Crippen molar-refractivity contribution in [2.75, 3.05) is 20.2 Å². The summed E-state index contributed by atoms with van der Waals surface area (Å²) in [5, 5.41) is 0. The molecule has 1 amide bonds. The number of rotatable bonds is 6. The summed E-state index contributed by atoms with van der Waals surface area (Å²) in [4.78, 5) is 37.4. The molecule has 0 radical (unpaired) electrons. The molecular formula is C23H27NO5. The Morgan fingerprint density at radius 2 is 1.55 bits per heavy atom. The van der Waals surface area contributed by atoms with Gasteiger partial charge >= 0.3 is 5.97 Å². The summed E-state index contributed by atoms with van der Waals surface area (Å²) in [6.45, 7) is 4.95. The molecule has 0 bridgehead atoms. The van der Waals surface area contributed by atoms with Gasteiger partial charge in [-0.05, 0) is 69.0 Å². The maximum atomic E-state index is 12.7. The van der Waals surface area contributed by atoms with Crippen LogP contribution in [0.5, 0.6) is 11.5 Å². The number of benzene rings is 2. The molecule has 0 aliphatic carbocycles. The van der Waals surface area contributed by atoms with E-state index in [-0.39, 0.29) is 11.8 Å². The summed E-state index contributed by atoms with van der Waals surface area (Å²) >= 11 is 0. The maximum Gasteiger partial charge on any atom is 0.361 e. The molecule has 0 atom stereocenters.